The third-order valence-corrected chi connectivity index (χ3v) is 3.73. The fourth-order valence-corrected chi connectivity index (χ4v) is 2.65. The Morgan fingerprint density at radius 2 is 1.74 bits per heavy atom. The highest BCUT2D eigenvalue weighted by Crippen LogP contribution is 2.30. The Balaban J connectivity index is 1.99. The summed E-state index contributed by atoms with van der Waals surface area (Å²) in [4.78, 5) is 9.63. The number of rotatable bonds is 2. The van der Waals surface area contributed by atoms with E-state index in [1.54, 1.807) is 18.1 Å². The van der Waals surface area contributed by atoms with Crippen molar-refractivity contribution in [3.8, 4) is 6.07 Å². The number of fused-ring (bicyclic) bond motifs is 1. The molecule has 0 unspecified atom stereocenters. The van der Waals surface area contributed by atoms with Crippen LogP contribution >= 0.6 is 11.8 Å². The van der Waals surface area contributed by atoms with E-state index in [-0.39, 0.29) is 0 Å². The van der Waals surface area contributed by atoms with Gasteiger partial charge in [0.2, 0.25) is 0 Å². The normalized spacial score (nSPS) is 10.3. The zero-order valence-corrected chi connectivity index (χ0v) is 10.8. The lowest BCUT2D eigenvalue weighted by molar-refractivity contribution is 1.10. The van der Waals surface area contributed by atoms with Crippen LogP contribution in [-0.2, 0) is 0 Å². The molecule has 0 aliphatic carbocycles. The molecule has 0 N–H and O–H groups in total. The summed E-state index contributed by atoms with van der Waals surface area (Å²) >= 11 is 1.58. The third kappa shape index (κ3) is 2.42. The maximum Gasteiger partial charge on any atom is 0.117 e. The molecule has 3 nitrogen and oxygen atoms in total. The zero-order chi connectivity index (χ0) is 13.1. The lowest BCUT2D eigenvalue weighted by atomic mass is 10.2. The van der Waals surface area contributed by atoms with Crippen molar-refractivity contribution in [1.29, 1.82) is 5.26 Å². The lowest BCUT2D eigenvalue weighted by Crippen LogP contribution is -1.86. The van der Waals surface area contributed by atoms with Crippen LogP contribution < -0.4 is 0 Å². The minimum atomic E-state index is 0.664. The molecule has 0 aliphatic rings. The molecule has 3 rings (SSSR count). The van der Waals surface area contributed by atoms with Gasteiger partial charge in [-0.3, -0.25) is 0 Å². The van der Waals surface area contributed by atoms with Gasteiger partial charge in [-0.25, -0.2) is 9.97 Å². The summed E-state index contributed by atoms with van der Waals surface area (Å²) in [5, 5.41) is 10.7. The van der Waals surface area contributed by atoms with Crippen LogP contribution in [0.4, 0.5) is 0 Å². The molecular formula is C15H9N3S. The Labute approximate surface area is 114 Å². The van der Waals surface area contributed by atoms with Crippen molar-refractivity contribution in [1.82, 2.24) is 9.97 Å². The number of benzene rings is 2. The van der Waals surface area contributed by atoms with Crippen LogP contribution in [0.1, 0.15) is 5.56 Å². The highest BCUT2D eigenvalue weighted by Gasteiger charge is 2.05. The van der Waals surface area contributed by atoms with Crippen molar-refractivity contribution in [2.75, 3.05) is 0 Å². The van der Waals surface area contributed by atoms with Crippen LogP contribution in [0.25, 0.3) is 10.9 Å². The molecule has 0 aliphatic heterocycles. The Hall–Kier alpha value is -2.38. The predicted octanol–water partition coefficient (Wildman–Crippen LogP) is 3.65. The van der Waals surface area contributed by atoms with E-state index in [1.807, 2.05) is 48.5 Å². The first kappa shape index (κ1) is 11.7. The second kappa shape index (κ2) is 5.09. The van der Waals surface area contributed by atoms with Crippen molar-refractivity contribution in [2.24, 2.45) is 0 Å². The van der Waals surface area contributed by atoms with E-state index in [9.17, 15) is 0 Å². The van der Waals surface area contributed by atoms with Crippen molar-refractivity contribution in [2.45, 2.75) is 9.92 Å². The SMILES string of the molecule is N#Cc1ccc(Sc2ncnc3ccccc23)cc1. The second-order valence-electron chi connectivity index (χ2n) is 3.93. The molecule has 3 aromatic rings. The maximum atomic E-state index is 8.78. The zero-order valence-electron chi connectivity index (χ0n) is 9.95. The minimum Gasteiger partial charge on any atom is -0.236 e. The highest BCUT2D eigenvalue weighted by atomic mass is 32.2. The van der Waals surface area contributed by atoms with E-state index in [0.717, 1.165) is 20.8 Å². The summed E-state index contributed by atoms with van der Waals surface area (Å²) in [5.74, 6) is 0. The van der Waals surface area contributed by atoms with Crippen molar-refractivity contribution in [3.63, 3.8) is 0 Å². The van der Waals surface area contributed by atoms with Gasteiger partial charge in [0.1, 0.15) is 11.4 Å². The van der Waals surface area contributed by atoms with Gasteiger partial charge in [0, 0.05) is 10.3 Å². The smallest absolute Gasteiger partial charge is 0.117 e. The Morgan fingerprint density at radius 3 is 2.53 bits per heavy atom. The highest BCUT2D eigenvalue weighted by molar-refractivity contribution is 7.99. The molecule has 0 bridgehead atoms. The number of hydrogen-bond acceptors (Lipinski definition) is 4. The molecule has 1 heterocycles. The number of nitriles is 1. The minimum absolute atomic E-state index is 0.664. The van der Waals surface area contributed by atoms with Gasteiger partial charge in [0.15, 0.2) is 0 Å². The average molecular weight is 263 g/mol. The van der Waals surface area contributed by atoms with Gasteiger partial charge < -0.3 is 0 Å². The molecule has 4 heteroatoms. The standard InChI is InChI=1S/C15H9N3S/c16-9-11-5-7-12(8-6-11)19-15-13-3-1-2-4-14(13)17-10-18-15/h1-8,10H. The lowest BCUT2D eigenvalue weighted by Gasteiger charge is -2.04. The summed E-state index contributed by atoms with van der Waals surface area (Å²) < 4.78 is 0. The van der Waals surface area contributed by atoms with E-state index < -0.39 is 0 Å². The van der Waals surface area contributed by atoms with Gasteiger partial charge in [-0.1, -0.05) is 30.0 Å². The summed E-state index contributed by atoms with van der Waals surface area (Å²) in [5.41, 5.74) is 1.60. The quantitative estimate of drug-likeness (QED) is 0.662. The monoisotopic (exact) mass is 263 g/mol. The topological polar surface area (TPSA) is 49.6 Å². The van der Waals surface area contributed by atoms with E-state index in [4.69, 9.17) is 5.26 Å². The number of nitrogens with zero attached hydrogens (tertiary/aromatic N) is 3. The summed E-state index contributed by atoms with van der Waals surface area (Å²) in [6, 6.07) is 17.5. The average Bonchev–Trinajstić information content (AvgIpc) is 2.48. The van der Waals surface area contributed by atoms with Crippen LogP contribution in [-0.4, -0.2) is 9.97 Å². The Kier molecular flexibility index (Phi) is 3.13. The van der Waals surface area contributed by atoms with Crippen molar-refractivity contribution in [3.05, 3.63) is 60.4 Å². The predicted molar refractivity (Wildman–Crippen MR) is 74.8 cm³/mol. The van der Waals surface area contributed by atoms with Crippen LogP contribution in [0.3, 0.4) is 0 Å². The van der Waals surface area contributed by atoms with Crippen LogP contribution in [0.2, 0.25) is 0 Å². The maximum absolute atomic E-state index is 8.78. The van der Waals surface area contributed by atoms with E-state index in [1.165, 1.54) is 0 Å². The van der Waals surface area contributed by atoms with Gasteiger partial charge in [-0.05, 0) is 30.3 Å². The van der Waals surface area contributed by atoms with Gasteiger partial charge in [0.05, 0.1) is 17.1 Å². The first-order valence-corrected chi connectivity index (χ1v) is 6.56. The van der Waals surface area contributed by atoms with E-state index >= 15 is 0 Å². The van der Waals surface area contributed by atoms with Gasteiger partial charge in [0.25, 0.3) is 0 Å². The molecule has 0 radical (unpaired) electrons. The van der Waals surface area contributed by atoms with Crippen molar-refractivity contribution >= 4 is 22.7 Å². The van der Waals surface area contributed by atoms with Crippen molar-refractivity contribution < 1.29 is 0 Å². The van der Waals surface area contributed by atoms with Crippen LogP contribution in [0.5, 0.6) is 0 Å². The van der Waals surface area contributed by atoms with Crippen LogP contribution in [0, 0.1) is 11.3 Å². The number of para-hydroxylation sites is 1. The first-order valence-electron chi connectivity index (χ1n) is 5.74. The molecule has 0 fully saturated rings. The number of aromatic nitrogens is 2. The molecule has 0 saturated heterocycles. The molecule has 19 heavy (non-hydrogen) atoms. The van der Waals surface area contributed by atoms with E-state index in [0.29, 0.717) is 5.56 Å². The van der Waals surface area contributed by atoms with Gasteiger partial charge in [-0.2, -0.15) is 5.26 Å². The Morgan fingerprint density at radius 1 is 0.947 bits per heavy atom. The summed E-state index contributed by atoms with van der Waals surface area (Å²) in [6.45, 7) is 0. The second-order valence-corrected chi connectivity index (χ2v) is 5.00. The van der Waals surface area contributed by atoms with Gasteiger partial charge >= 0.3 is 0 Å². The molecule has 0 amide bonds. The summed E-state index contributed by atoms with van der Waals surface area (Å²) in [6.07, 6.45) is 1.58. The molecule has 0 atom stereocenters. The van der Waals surface area contributed by atoms with E-state index in [2.05, 4.69) is 16.0 Å². The fraction of sp³-hybridized carbons (Fsp3) is 0. The molecule has 2 aromatic carbocycles. The molecular weight excluding hydrogens is 254 g/mol. The summed E-state index contributed by atoms with van der Waals surface area (Å²) in [7, 11) is 0. The third-order valence-electron chi connectivity index (χ3n) is 2.70. The molecule has 1 aromatic heterocycles. The first-order chi connectivity index (χ1) is 9.36. The number of hydrogen-bond donors (Lipinski definition) is 0. The fourth-order valence-electron chi connectivity index (χ4n) is 1.77. The van der Waals surface area contributed by atoms with Gasteiger partial charge in [-0.15, -0.1) is 0 Å². The molecule has 90 valence electrons. The largest absolute Gasteiger partial charge is 0.236 e. The molecule has 0 spiro atoms. The molecule has 0 saturated carbocycles. The van der Waals surface area contributed by atoms with Crippen LogP contribution in [0.15, 0.2) is 64.8 Å². The Bertz CT molecular complexity index is 755.